The predicted molar refractivity (Wildman–Crippen MR) is 116 cm³/mol. The summed E-state index contributed by atoms with van der Waals surface area (Å²) in [7, 11) is 0. The standard InChI is InChI=1S/C22H22ClN3O4/c1-2-10-24-22(29)15-11-21(28)26(13-15)18-6-8-19(9-7-18)30-14-20(27)25-17-5-3-4-16(23)12-17/h2-9,12,15H,1,10-11,13-14H2,(H,24,29)(H,25,27)/t15-/m1/s1. The SMILES string of the molecule is C=CCNC(=O)[C@@H]1CC(=O)N(c2ccc(OCC(=O)Nc3cccc(Cl)c3)cc2)C1. The Morgan fingerprint density at radius 3 is 2.70 bits per heavy atom. The minimum absolute atomic E-state index is 0.108. The first kappa shape index (κ1) is 21.4. The molecular weight excluding hydrogens is 406 g/mol. The minimum atomic E-state index is -0.386. The average Bonchev–Trinajstić information content (AvgIpc) is 3.12. The lowest BCUT2D eigenvalue weighted by molar-refractivity contribution is -0.126. The highest BCUT2D eigenvalue weighted by Crippen LogP contribution is 2.27. The van der Waals surface area contributed by atoms with Crippen LogP contribution in [0.2, 0.25) is 5.02 Å². The number of benzene rings is 2. The molecule has 3 amide bonds. The first-order valence-electron chi connectivity index (χ1n) is 9.43. The predicted octanol–water partition coefficient (Wildman–Crippen LogP) is 3.01. The summed E-state index contributed by atoms with van der Waals surface area (Å²) < 4.78 is 5.50. The lowest BCUT2D eigenvalue weighted by atomic mass is 10.1. The van der Waals surface area contributed by atoms with Gasteiger partial charge in [0.2, 0.25) is 11.8 Å². The zero-order valence-electron chi connectivity index (χ0n) is 16.3. The van der Waals surface area contributed by atoms with Gasteiger partial charge in [-0.25, -0.2) is 0 Å². The molecule has 2 N–H and O–H groups in total. The zero-order chi connectivity index (χ0) is 21.5. The number of rotatable bonds is 8. The van der Waals surface area contributed by atoms with E-state index >= 15 is 0 Å². The first-order valence-corrected chi connectivity index (χ1v) is 9.81. The molecule has 0 aliphatic carbocycles. The van der Waals surface area contributed by atoms with Crippen molar-refractivity contribution in [2.75, 3.05) is 29.9 Å². The average molecular weight is 428 g/mol. The fraction of sp³-hybridized carbons (Fsp3) is 0.227. The van der Waals surface area contributed by atoms with E-state index in [2.05, 4.69) is 17.2 Å². The molecule has 0 radical (unpaired) electrons. The summed E-state index contributed by atoms with van der Waals surface area (Å²) in [5.74, 6) is -0.473. The van der Waals surface area contributed by atoms with Crippen molar-refractivity contribution in [3.63, 3.8) is 0 Å². The fourth-order valence-electron chi connectivity index (χ4n) is 3.08. The minimum Gasteiger partial charge on any atom is -0.484 e. The number of hydrogen-bond donors (Lipinski definition) is 2. The van der Waals surface area contributed by atoms with E-state index in [1.165, 1.54) is 0 Å². The van der Waals surface area contributed by atoms with Crippen molar-refractivity contribution < 1.29 is 19.1 Å². The fourth-order valence-corrected chi connectivity index (χ4v) is 3.27. The Labute approximate surface area is 179 Å². The van der Waals surface area contributed by atoms with Crippen LogP contribution in [0.4, 0.5) is 11.4 Å². The summed E-state index contributed by atoms with van der Waals surface area (Å²) >= 11 is 5.89. The molecule has 0 spiro atoms. The highest BCUT2D eigenvalue weighted by Gasteiger charge is 2.34. The van der Waals surface area contributed by atoms with Gasteiger partial charge < -0.3 is 20.3 Å². The lowest BCUT2D eigenvalue weighted by Crippen LogP contribution is -2.32. The van der Waals surface area contributed by atoms with Crippen LogP contribution in [0, 0.1) is 5.92 Å². The summed E-state index contributed by atoms with van der Waals surface area (Å²) in [4.78, 5) is 38.0. The van der Waals surface area contributed by atoms with Crippen molar-refractivity contribution >= 4 is 40.7 Å². The summed E-state index contributed by atoms with van der Waals surface area (Å²) in [6.07, 6.45) is 1.77. The quantitative estimate of drug-likeness (QED) is 0.634. The van der Waals surface area contributed by atoms with Gasteiger partial charge in [-0.1, -0.05) is 23.7 Å². The molecule has 1 aliphatic rings. The molecule has 0 bridgehead atoms. The van der Waals surface area contributed by atoms with Crippen LogP contribution in [0.1, 0.15) is 6.42 Å². The van der Waals surface area contributed by atoms with Gasteiger partial charge in [-0.2, -0.15) is 0 Å². The van der Waals surface area contributed by atoms with Gasteiger partial charge in [-0.05, 0) is 42.5 Å². The van der Waals surface area contributed by atoms with Gasteiger partial charge in [0.05, 0.1) is 5.92 Å². The van der Waals surface area contributed by atoms with E-state index < -0.39 is 0 Å². The highest BCUT2D eigenvalue weighted by molar-refractivity contribution is 6.30. The third-order valence-corrected chi connectivity index (χ3v) is 4.78. The molecule has 2 aromatic carbocycles. The lowest BCUT2D eigenvalue weighted by Gasteiger charge is -2.17. The van der Waals surface area contributed by atoms with Crippen LogP contribution >= 0.6 is 11.6 Å². The Morgan fingerprint density at radius 2 is 2.00 bits per heavy atom. The molecule has 8 heteroatoms. The van der Waals surface area contributed by atoms with Gasteiger partial charge in [0.15, 0.2) is 6.61 Å². The Kier molecular flexibility index (Phi) is 7.08. The van der Waals surface area contributed by atoms with E-state index in [4.69, 9.17) is 16.3 Å². The van der Waals surface area contributed by atoms with Crippen molar-refractivity contribution in [1.82, 2.24) is 5.32 Å². The molecular formula is C22H22ClN3O4. The van der Waals surface area contributed by atoms with E-state index in [1.54, 1.807) is 59.5 Å². The second-order valence-corrected chi connectivity index (χ2v) is 7.22. The van der Waals surface area contributed by atoms with Crippen molar-refractivity contribution in [3.05, 3.63) is 66.2 Å². The van der Waals surface area contributed by atoms with E-state index in [0.717, 1.165) is 0 Å². The second-order valence-electron chi connectivity index (χ2n) is 6.78. The number of carbonyl (C=O) groups is 3. The topological polar surface area (TPSA) is 87.7 Å². The number of amides is 3. The second kappa shape index (κ2) is 9.93. The normalized spacial score (nSPS) is 15.6. The van der Waals surface area contributed by atoms with Crippen molar-refractivity contribution in [2.45, 2.75) is 6.42 Å². The van der Waals surface area contributed by atoms with Gasteiger partial charge >= 0.3 is 0 Å². The number of anilines is 2. The van der Waals surface area contributed by atoms with Crippen molar-refractivity contribution in [2.24, 2.45) is 5.92 Å². The molecule has 1 fully saturated rings. The molecule has 30 heavy (non-hydrogen) atoms. The van der Waals surface area contributed by atoms with Crippen LogP contribution in [0.3, 0.4) is 0 Å². The summed E-state index contributed by atoms with van der Waals surface area (Å²) in [6.45, 7) is 4.09. The number of halogens is 1. The van der Waals surface area contributed by atoms with E-state index in [0.29, 0.717) is 35.2 Å². The van der Waals surface area contributed by atoms with Crippen LogP contribution in [0.15, 0.2) is 61.2 Å². The summed E-state index contributed by atoms with van der Waals surface area (Å²) in [5, 5.41) is 5.95. The molecule has 0 saturated carbocycles. The zero-order valence-corrected chi connectivity index (χ0v) is 17.0. The molecule has 156 valence electrons. The number of nitrogens with zero attached hydrogens (tertiary/aromatic N) is 1. The maximum absolute atomic E-state index is 12.3. The molecule has 1 atom stereocenters. The van der Waals surface area contributed by atoms with Crippen LogP contribution in [0.25, 0.3) is 0 Å². The van der Waals surface area contributed by atoms with Gasteiger partial charge in [-0.15, -0.1) is 6.58 Å². The number of carbonyl (C=O) groups excluding carboxylic acids is 3. The van der Waals surface area contributed by atoms with E-state index in [9.17, 15) is 14.4 Å². The monoisotopic (exact) mass is 427 g/mol. The van der Waals surface area contributed by atoms with Crippen LogP contribution in [-0.4, -0.2) is 37.4 Å². The van der Waals surface area contributed by atoms with Gasteiger partial charge in [0.1, 0.15) is 5.75 Å². The molecule has 7 nitrogen and oxygen atoms in total. The van der Waals surface area contributed by atoms with E-state index in [-0.39, 0.29) is 36.7 Å². The van der Waals surface area contributed by atoms with Crippen LogP contribution < -0.4 is 20.3 Å². The summed E-state index contributed by atoms with van der Waals surface area (Å²) in [6, 6.07) is 13.7. The number of hydrogen-bond acceptors (Lipinski definition) is 4. The van der Waals surface area contributed by atoms with Crippen LogP contribution in [0.5, 0.6) is 5.75 Å². The number of ether oxygens (including phenoxy) is 1. The molecule has 1 saturated heterocycles. The largest absolute Gasteiger partial charge is 0.484 e. The highest BCUT2D eigenvalue weighted by atomic mass is 35.5. The van der Waals surface area contributed by atoms with Crippen molar-refractivity contribution in [3.8, 4) is 5.75 Å². The smallest absolute Gasteiger partial charge is 0.262 e. The Morgan fingerprint density at radius 1 is 1.23 bits per heavy atom. The maximum atomic E-state index is 12.3. The summed E-state index contributed by atoms with van der Waals surface area (Å²) in [5.41, 5.74) is 1.26. The van der Waals surface area contributed by atoms with Gasteiger partial charge in [-0.3, -0.25) is 14.4 Å². The molecule has 1 heterocycles. The third-order valence-electron chi connectivity index (χ3n) is 4.54. The Bertz CT molecular complexity index is 946. The molecule has 0 aromatic heterocycles. The Balaban J connectivity index is 1.52. The molecule has 3 rings (SSSR count). The maximum Gasteiger partial charge on any atom is 0.262 e. The van der Waals surface area contributed by atoms with E-state index in [1.807, 2.05) is 0 Å². The van der Waals surface area contributed by atoms with Gasteiger partial charge in [0.25, 0.3) is 5.91 Å². The third kappa shape index (κ3) is 5.61. The van der Waals surface area contributed by atoms with Crippen molar-refractivity contribution in [1.29, 1.82) is 0 Å². The molecule has 1 aliphatic heterocycles. The molecule has 2 aromatic rings. The number of nitrogens with one attached hydrogen (secondary N) is 2. The van der Waals surface area contributed by atoms with Gasteiger partial charge in [0, 0.05) is 35.9 Å². The first-order chi connectivity index (χ1) is 14.5. The van der Waals surface area contributed by atoms with Crippen LogP contribution in [-0.2, 0) is 14.4 Å². The molecule has 0 unspecified atom stereocenters. The Hall–Kier alpha value is -3.32.